The Bertz CT molecular complexity index is 677. The Morgan fingerprint density at radius 2 is 1.72 bits per heavy atom. The lowest BCUT2D eigenvalue weighted by molar-refractivity contribution is 0.211. The van der Waals surface area contributed by atoms with Gasteiger partial charge < -0.3 is 14.8 Å². The fourth-order valence-electron chi connectivity index (χ4n) is 3.32. The second-order valence-electron chi connectivity index (χ2n) is 6.75. The first-order chi connectivity index (χ1) is 12.2. The molecule has 3 rings (SSSR count). The van der Waals surface area contributed by atoms with Crippen molar-refractivity contribution < 1.29 is 9.47 Å². The summed E-state index contributed by atoms with van der Waals surface area (Å²) in [5.41, 5.74) is 3.76. The molecule has 2 aromatic rings. The Balaban J connectivity index is 1.53. The average molecular weight is 340 g/mol. The first-order valence-corrected chi connectivity index (χ1v) is 8.94. The summed E-state index contributed by atoms with van der Waals surface area (Å²) in [5.74, 6) is 1.65. The van der Waals surface area contributed by atoms with Crippen LogP contribution in [-0.2, 0) is 6.54 Å². The van der Waals surface area contributed by atoms with Crippen LogP contribution in [0, 0.1) is 6.92 Å². The van der Waals surface area contributed by atoms with Gasteiger partial charge in [-0.2, -0.15) is 0 Å². The van der Waals surface area contributed by atoms with Gasteiger partial charge >= 0.3 is 0 Å². The van der Waals surface area contributed by atoms with Crippen LogP contribution >= 0.6 is 0 Å². The molecule has 0 aliphatic carbocycles. The summed E-state index contributed by atoms with van der Waals surface area (Å²) >= 11 is 0. The van der Waals surface area contributed by atoms with Crippen molar-refractivity contribution in [3.8, 4) is 11.5 Å². The van der Waals surface area contributed by atoms with E-state index in [9.17, 15) is 0 Å². The van der Waals surface area contributed by atoms with E-state index in [-0.39, 0.29) is 0 Å². The lowest BCUT2D eigenvalue weighted by Crippen LogP contribution is -2.38. The number of likely N-dealkylation sites (tertiary alicyclic amines) is 1. The Hall–Kier alpha value is -2.20. The van der Waals surface area contributed by atoms with Gasteiger partial charge in [0.05, 0.1) is 19.9 Å². The quantitative estimate of drug-likeness (QED) is 0.859. The van der Waals surface area contributed by atoms with Gasteiger partial charge in [0.25, 0.3) is 0 Å². The van der Waals surface area contributed by atoms with E-state index in [0.29, 0.717) is 6.04 Å². The lowest BCUT2D eigenvalue weighted by atomic mass is 10.0. The van der Waals surface area contributed by atoms with Gasteiger partial charge in [-0.15, -0.1) is 0 Å². The molecule has 1 aliphatic rings. The molecule has 1 fully saturated rings. The molecule has 4 heteroatoms. The fourth-order valence-corrected chi connectivity index (χ4v) is 3.32. The highest BCUT2D eigenvalue weighted by molar-refractivity contribution is 5.59. The predicted molar refractivity (Wildman–Crippen MR) is 103 cm³/mol. The van der Waals surface area contributed by atoms with E-state index >= 15 is 0 Å². The molecule has 1 saturated heterocycles. The maximum absolute atomic E-state index is 5.49. The molecule has 134 valence electrons. The van der Waals surface area contributed by atoms with E-state index in [1.807, 2.05) is 18.2 Å². The maximum Gasteiger partial charge on any atom is 0.145 e. The number of hydrogen-bond acceptors (Lipinski definition) is 4. The van der Waals surface area contributed by atoms with Crippen molar-refractivity contribution >= 4 is 5.69 Å². The number of methoxy groups -OCH3 is 2. The minimum absolute atomic E-state index is 0.483. The molecular weight excluding hydrogens is 312 g/mol. The molecule has 0 unspecified atom stereocenters. The molecular formula is C21H28N2O2. The van der Waals surface area contributed by atoms with E-state index in [1.165, 1.54) is 11.1 Å². The molecule has 0 spiro atoms. The number of ether oxygens (including phenoxy) is 2. The third kappa shape index (κ3) is 4.67. The highest BCUT2D eigenvalue weighted by Crippen LogP contribution is 2.30. The van der Waals surface area contributed by atoms with Gasteiger partial charge in [-0.1, -0.05) is 29.8 Å². The first kappa shape index (κ1) is 17.6. The van der Waals surface area contributed by atoms with Crippen molar-refractivity contribution in [3.63, 3.8) is 0 Å². The molecule has 1 N–H and O–H groups in total. The minimum atomic E-state index is 0.483. The van der Waals surface area contributed by atoms with Crippen LogP contribution in [0.25, 0.3) is 0 Å². The maximum atomic E-state index is 5.49. The Morgan fingerprint density at radius 3 is 2.36 bits per heavy atom. The van der Waals surface area contributed by atoms with Crippen molar-refractivity contribution in [1.82, 2.24) is 4.90 Å². The van der Waals surface area contributed by atoms with E-state index in [2.05, 4.69) is 41.4 Å². The number of rotatable bonds is 6. The number of piperidine rings is 1. The molecule has 1 heterocycles. The van der Waals surface area contributed by atoms with Crippen LogP contribution in [0.5, 0.6) is 11.5 Å². The average Bonchev–Trinajstić information content (AvgIpc) is 2.65. The van der Waals surface area contributed by atoms with Crippen molar-refractivity contribution in [2.24, 2.45) is 0 Å². The van der Waals surface area contributed by atoms with E-state index < -0.39 is 0 Å². The van der Waals surface area contributed by atoms with Crippen LogP contribution in [0.4, 0.5) is 5.69 Å². The summed E-state index contributed by atoms with van der Waals surface area (Å²) in [5, 5.41) is 3.64. The highest BCUT2D eigenvalue weighted by atomic mass is 16.5. The second-order valence-corrected chi connectivity index (χ2v) is 6.75. The fraction of sp³-hybridized carbons (Fsp3) is 0.429. The SMILES string of the molecule is COc1ccc(NC2CCN(Cc3ccc(C)cc3)CC2)c(OC)c1. The van der Waals surface area contributed by atoms with Crippen molar-refractivity contribution in [1.29, 1.82) is 0 Å². The molecule has 0 amide bonds. The van der Waals surface area contributed by atoms with Gasteiger partial charge in [-0.3, -0.25) is 4.90 Å². The van der Waals surface area contributed by atoms with Crippen LogP contribution in [-0.4, -0.2) is 38.3 Å². The number of aryl methyl sites for hydroxylation is 1. The minimum Gasteiger partial charge on any atom is -0.497 e. The van der Waals surface area contributed by atoms with Crippen molar-refractivity contribution in [2.45, 2.75) is 32.4 Å². The molecule has 2 aromatic carbocycles. The Kier molecular flexibility index (Phi) is 5.82. The standard InChI is InChI=1S/C21H28N2O2/c1-16-4-6-17(7-5-16)15-23-12-10-18(11-13-23)22-20-9-8-19(24-2)14-21(20)25-3/h4-9,14,18,22H,10-13,15H2,1-3H3. The summed E-state index contributed by atoms with van der Waals surface area (Å²) < 4.78 is 10.8. The van der Waals surface area contributed by atoms with Crippen LogP contribution in [0.1, 0.15) is 24.0 Å². The Morgan fingerprint density at radius 1 is 1.00 bits per heavy atom. The highest BCUT2D eigenvalue weighted by Gasteiger charge is 2.20. The van der Waals surface area contributed by atoms with E-state index in [0.717, 1.165) is 49.7 Å². The Labute approximate surface area is 150 Å². The van der Waals surface area contributed by atoms with Crippen molar-refractivity contribution in [3.05, 3.63) is 53.6 Å². The molecule has 4 nitrogen and oxygen atoms in total. The summed E-state index contributed by atoms with van der Waals surface area (Å²) in [6.07, 6.45) is 2.28. The molecule has 0 bridgehead atoms. The smallest absolute Gasteiger partial charge is 0.145 e. The topological polar surface area (TPSA) is 33.7 Å². The van der Waals surface area contributed by atoms with Gasteiger partial charge in [-0.05, 0) is 37.5 Å². The van der Waals surface area contributed by atoms with Gasteiger partial charge in [0.2, 0.25) is 0 Å². The van der Waals surface area contributed by atoms with E-state index in [4.69, 9.17) is 9.47 Å². The summed E-state index contributed by atoms with van der Waals surface area (Å²) in [7, 11) is 3.37. The first-order valence-electron chi connectivity index (χ1n) is 8.94. The number of nitrogens with one attached hydrogen (secondary N) is 1. The molecule has 1 aliphatic heterocycles. The lowest BCUT2D eigenvalue weighted by Gasteiger charge is -2.33. The zero-order valence-electron chi connectivity index (χ0n) is 15.4. The molecule has 25 heavy (non-hydrogen) atoms. The second kappa shape index (κ2) is 8.26. The van der Waals surface area contributed by atoms with Gasteiger partial charge in [0, 0.05) is 31.7 Å². The monoisotopic (exact) mass is 340 g/mol. The summed E-state index contributed by atoms with van der Waals surface area (Å²) in [6.45, 7) is 5.40. The zero-order valence-corrected chi connectivity index (χ0v) is 15.4. The summed E-state index contributed by atoms with van der Waals surface area (Å²) in [4.78, 5) is 2.54. The molecule has 0 saturated carbocycles. The van der Waals surface area contributed by atoms with Gasteiger partial charge in [0.1, 0.15) is 11.5 Å². The largest absolute Gasteiger partial charge is 0.497 e. The third-order valence-electron chi connectivity index (χ3n) is 4.88. The normalized spacial score (nSPS) is 15.8. The zero-order chi connectivity index (χ0) is 17.6. The third-order valence-corrected chi connectivity index (χ3v) is 4.88. The van der Waals surface area contributed by atoms with E-state index in [1.54, 1.807) is 14.2 Å². The van der Waals surface area contributed by atoms with Crippen LogP contribution in [0.15, 0.2) is 42.5 Å². The number of benzene rings is 2. The molecule has 0 aromatic heterocycles. The molecule has 0 radical (unpaired) electrons. The van der Waals surface area contributed by atoms with Gasteiger partial charge in [-0.25, -0.2) is 0 Å². The molecule has 0 atom stereocenters. The number of hydrogen-bond donors (Lipinski definition) is 1. The number of anilines is 1. The van der Waals surface area contributed by atoms with Crippen LogP contribution in [0.3, 0.4) is 0 Å². The van der Waals surface area contributed by atoms with Crippen LogP contribution in [0.2, 0.25) is 0 Å². The van der Waals surface area contributed by atoms with Crippen LogP contribution < -0.4 is 14.8 Å². The van der Waals surface area contributed by atoms with Crippen molar-refractivity contribution in [2.75, 3.05) is 32.6 Å². The summed E-state index contributed by atoms with van der Waals surface area (Å²) in [6, 6.07) is 15.3. The predicted octanol–water partition coefficient (Wildman–Crippen LogP) is 4.09. The number of nitrogens with zero attached hydrogens (tertiary/aromatic N) is 1. The van der Waals surface area contributed by atoms with Gasteiger partial charge in [0.15, 0.2) is 0 Å².